The zero-order chi connectivity index (χ0) is 21.1. The van der Waals surface area contributed by atoms with E-state index in [4.69, 9.17) is 10.5 Å². The molecule has 0 spiro atoms. The van der Waals surface area contributed by atoms with Crippen LogP contribution in [0.25, 0.3) is 0 Å². The fourth-order valence-electron chi connectivity index (χ4n) is 3.15. The third-order valence-corrected chi connectivity index (χ3v) is 4.43. The van der Waals surface area contributed by atoms with E-state index >= 15 is 0 Å². The van der Waals surface area contributed by atoms with Crippen molar-refractivity contribution in [2.24, 2.45) is 5.73 Å². The Kier molecular flexibility index (Phi) is 6.69. The number of nitrogens with one attached hydrogen (secondary N) is 2. The average Bonchev–Trinajstić information content (AvgIpc) is 2.55. The van der Waals surface area contributed by atoms with E-state index in [0.29, 0.717) is 5.82 Å². The van der Waals surface area contributed by atoms with Crippen LogP contribution in [0.5, 0.6) is 0 Å². The van der Waals surface area contributed by atoms with Crippen molar-refractivity contribution in [2.75, 3.05) is 24.3 Å². The fourth-order valence-corrected chi connectivity index (χ4v) is 3.15. The van der Waals surface area contributed by atoms with Crippen LogP contribution in [0.1, 0.15) is 56.8 Å². The number of alkyl carbamates (subject to hydrolysis) is 1. The maximum absolute atomic E-state index is 14.4. The van der Waals surface area contributed by atoms with Crippen LogP contribution >= 0.6 is 0 Å². The van der Waals surface area contributed by atoms with Crippen molar-refractivity contribution in [1.82, 2.24) is 10.3 Å². The summed E-state index contributed by atoms with van der Waals surface area (Å²) in [5.74, 6) is -0.933. The Morgan fingerprint density at radius 1 is 1.21 bits per heavy atom. The topological polar surface area (TPSA) is 110 Å². The van der Waals surface area contributed by atoms with Crippen molar-refractivity contribution in [3.05, 3.63) is 17.4 Å². The number of carbonyl (C=O) groups is 2. The molecule has 1 aliphatic carbocycles. The summed E-state index contributed by atoms with van der Waals surface area (Å²) in [6, 6.07) is 1.16. The highest BCUT2D eigenvalue weighted by atomic mass is 19.1. The van der Waals surface area contributed by atoms with Gasteiger partial charge < -0.3 is 26.0 Å². The molecule has 0 aromatic carbocycles. The number of nitrogens with two attached hydrogens (primary N) is 1. The molecule has 2 rings (SSSR count). The Hall–Kier alpha value is -2.58. The van der Waals surface area contributed by atoms with Crippen molar-refractivity contribution in [1.29, 1.82) is 0 Å². The molecule has 2 amide bonds. The Labute approximate surface area is 165 Å². The molecule has 0 aliphatic heterocycles. The predicted octanol–water partition coefficient (Wildman–Crippen LogP) is 2.63. The van der Waals surface area contributed by atoms with Gasteiger partial charge in [0.05, 0.1) is 5.56 Å². The van der Waals surface area contributed by atoms with Crippen LogP contribution in [-0.4, -0.2) is 48.8 Å². The average molecular weight is 395 g/mol. The Bertz CT molecular complexity index is 725. The third-order valence-electron chi connectivity index (χ3n) is 4.43. The van der Waals surface area contributed by atoms with E-state index in [9.17, 15) is 14.0 Å². The summed E-state index contributed by atoms with van der Waals surface area (Å²) in [7, 11) is 3.42. The van der Waals surface area contributed by atoms with Gasteiger partial charge in [0.15, 0.2) is 11.6 Å². The lowest BCUT2D eigenvalue weighted by atomic mass is 9.91. The second kappa shape index (κ2) is 8.62. The van der Waals surface area contributed by atoms with Gasteiger partial charge in [-0.2, -0.15) is 0 Å². The summed E-state index contributed by atoms with van der Waals surface area (Å²) >= 11 is 0. The SMILES string of the molecule is CN(C)c1nc(NC2CCC(NC(=O)OC(C)(C)C)CC2)c(F)cc1C(N)=O. The molecule has 0 saturated heterocycles. The molecule has 1 heterocycles. The van der Waals surface area contributed by atoms with Crippen LogP contribution in [0.4, 0.5) is 20.8 Å². The van der Waals surface area contributed by atoms with Crippen molar-refractivity contribution in [3.63, 3.8) is 0 Å². The Morgan fingerprint density at radius 2 is 1.79 bits per heavy atom. The number of primary amides is 1. The number of anilines is 2. The molecule has 8 nitrogen and oxygen atoms in total. The zero-order valence-electron chi connectivity index (χ0n) is 17.1. The molecule has 0 bridgehead atoms. The van der Waals surface area contributed by atoms with Crippen LogP contribution < -0.4 is 21.3 Å². The number of rotatable bonds is 5. The molecule has 156 valence electrons. The maximum atomic E-state index is 14.4. The van der Waals surface area contributed by atoms with E-state index in [2.05, 4.69) is 15.6 Å². The van der Waals surface area contributed by atoms with Crippen LogP contribution in [0.3, 0.4) is 0 Å². The van der Waals surface area contributed by atoms with E-state index in [-0.39, 0.29) is 23.5 Å². The summed E-state index contributed by atoms with van der Waals surface area (Å²) in [5, 5.41) is 5.99. The van der Waals surface area contributed by atoms with E-state index in [1.807, 2.05) is 20.8 Å². The van der Waals surface area contributed by atoms with Gasteiger partial charge in [-0.1, -0.05) is 0 Å². The number of hydrogen-bond donors (Lipinski definition) is 3. The second-order valence-corrected chi connectivity index (χ2v) is 8.29. The Balaban J connectivity index is 1.97. The molecule has 28 heavy (non-hydrogen) atoms. The molecule has 1 fully saturated rings. The summed E-state index contributed by atoms with van der Waals surface area (Å²) in [6.07, 6.45) is 2.57. The number of hydrogen-bond acceptors (Lipinski definition) is 6. The predicted molar refractivity (Wildman–Crippen MR) is 106 cm³/mol. The van der Waals surface area contributed by atoms with Gasteiger partial charge in [-0.25, -0.2) is 14.2 Å². The molecule has 1 aliphatic rings. The number of pyridine rings is 1. The molecule has 0 atom stereocenters. The molecule has 9 heteroatoms. The first-order chi connectivity index (χ1) is 13.0. The molecular formula is C19H30FN5O3. The highest BCUT2D eigenvalue weighted by molar-refractivity contribution is 5.98. The molecule has 1 aromatic heterocycles. The number of amides is 2. The van der Waals surface area contributed by atoms with Crippen molar-refractivity contribution < 1.29 is 18.7 Å². The first kappa shape index (κ1) is 21.7. The smallest absolute Gasteiger partial charge is 0.407 e. The van der Waals surface area contributed by atoms with Gasteiger partial charge in [0.25, 0.3) is 5.91 Å². The molecule has 0 radical (unpaired) electrons. The lowest BCUT2D eigenvalue weighted by molar-refractivity contribution is 0.0492. The standard InChI is InChI=1S/C19H30FN5O3/c1-19(2,3)28-18(27)23-12-8-6-11(7-9-12)22-16-14(20)10-13(15(21)26)17(24-16)25(4)5/h10-12H,6-9H2,1-5H3,(H2,21,26)(H,22,24)(H,23,27). The monoisotopic (exact) mass is 395 g/mol. The number of nitrogens with zero attached hydrogens (tertiary/aromatic N) is 2. The third kappa shape index (κ3) is 5.97. The van der Waals surface area contributed by atoms with E-state index in [0.717, 1.165) is 31.7 Å². The molecule has 1 aromatic rings. The number of halogens is 1. The Morgan fingerprint density at radius 3 is 2.29 bits per heavy atom. The van der Waals surface area contributed by atoms with Gasteiger partial charge >= 0.3 is 6.09 Å². The van der Waals surface area contributed by atoms with Crippen molar-refractivity contribution in [3.8, 4) is 0 Å². The molecule has 0 unspecified atom stereocenters. The summed E-state index contributed by atoms with van der Waals surface area (Å²) in [6.45, 7) is 5.46. The van der Waals surface area contributed by atoms with Crippen LogP contribution in [0.15, 0.2) is 6.07 Å². The van der Waals surface area contributed by atoms with Crippen molar-refractivity contribution >= 4 is 23.6 Å². The fraction of sp³-hybridized carbons (Fsp3) is 0.632. The van der Waals surface area contributed by atoms with Crippen LogP contribution in [0.2, 0.25) is 0 Å². The lowest BCUT2D eigenvalue weighted by Crippen LogP contribution is -2.42. The van der Waals surface area contributed by atoms with Crippen LogP contribution in [-0.2, 0) is 4.74 Å². The molecule has 4 N–H and O–H groups in total. The highest BCUT2D eigenvalue weighted by Crippen LogP contribution is 2.26. The first-order valence-corrected chi connectivity index (χ1v) is 9.40. The zero-order valence-corrected chi connectivity index (χ0v) is 17.1. The van der Waals surface area contributed by atoms with Gasteiger partial charge in [-0.3, -0.25) is 4.79 Å². The highest BCUT2D eigenvalue weighted by Gasteiger charge is 2.26. The van der Waals surface area contributed by atoms with Crippen molar-refractivity contribution in [2.45, 2.75) is 64.1 Å². The van der Waals surface area contributed by atoms with E-state index in [1.54, 1.807) is 19.0 Å². The quantitative estimate of drug-likeness (QED) is 0.707. The first-order valence-electron chi connectivity index (χ1n) is 9.40. The van der Waals surface area contributed by atoms with Gasteiger partial charge in [-0.05, 0) is 52.5 Å². The molecular weight excluding hydrogens is 365 g/mol. The summed E-state index contributed by atoms with van der Waals surface area (Å²) in [5.41, 5.74) is 4.82. The summed E-state index contributed by atoms with van der Waals surface area (Å²) < 4.78 is 19.7. The lowest BCUT2D eigenvalue weighted by Gasteiger charge is -2.31. The number of aromatic nitrogens is 1. The van der Waals surface area contributed by atoms with E-state index in [1.165, 1.54) is 0 Å². The number of ether oxygens (including phenoxy) is 1. The number of carbonyl (C=O) groups excluding carboxylic acids is 2. The maximum Gasteiger partial charge on any atom is 0.407 e. The minimum Gasteiger partial charge on any atom is -0.444 e. The molecule has 1 saturated carbocycles. The van der Waals surface area contributed by atoms with Gasteiger partial charge in [0, 0.05) is 26.2 Å². The normalized spacial score (nSPS) is 19.6. The minimum absolute atomic E-state index is 0.0214. The van der Waals surface area contributed by atoms with Gasteiger partial charge in [0.2, 0.25) is 0 Å². The van der Waals surface area contributed by atoms with Gasteiger partial charge in [-0.15, -0.1) is 0 Å². The largest absolute Gasteiger partial charge is 0.444 e. The second-order valence-electron chi connectivity index (χ2n) is 8.29. The van der Waals surface area contributed by atoms with Crippen LogP contribution in [0, 0.1) is 5.82 Å². The summed E-state index contributed by atoms with van der Waals surface area (Å²) in [4.78, 5) is 29.3. The minimum atomic E-state index is -0.727. The van der Waals surface area contributed by atoms with E-state index < -0.39 is 23.4 Å². The van der Waals surface area contributed by atoms with Gasteiger partial charge in [0.1, 0.15) is 11.4 Å².